The van der Waals surface area contributed by atoms with Crippen molar-refractivity contribution in [2.24, 2.45) is 58.7 Å². The van der Waals surface area contributed by atoms with E-state index in [0.29, 0.717) is 54.2 Å². The van der Waals surface area contributed by atoms with Crippen molar-refractivity contribution in [3.63, 3.8) is 0 Å². The highest BCUT2D eigenvalue weighted by molar-refractivity contribution is 5.83. The summed E-state index contributed by atoms with van der Waals surface area (Å²) in [5, 5.41) is 29.9. The lowest BCUT2D eigenvalue weighted by atomic mass is 9.45. The van der Waals surface area contributed by atoms with Crippen molar-refractivity contribution in [1.29, 1.82) is 0 Å². The molecule has 0 aromatic rings. The van der Waals surface area contributed by atoms with Crippen LogP contribution in [0.15, 0.2) is 0 Å². The van der Waals surface area contributed by atoms with Crippen molar-refractivity contribution >= 4 is 11.8 Å². The summed E-state index contributed by atoms with van der Waals surface area (Å²) in [6.45, 7) is 13.8. The van der Waals surface area contributed by atoms with Gasteiger partial charge in [0, 0.05) is 50.6 Å². The summed E-state index contributed by atoms with van der Waals surface area (Å²) < 4.78 is 11.9. The van der Waals surface area contributed by atoms with Gasteiger partial charge in [-0.3, -0.25) is 14.4 Å². The maximum atomic E-state index is 14.3. The predicted octanol–water partition coefficient (Wildman–Crippen LogP) is 4.10. The van der Waals surface area contributed by atoms with Crippen LogP contribution in [-0.2, 0) is 23.9 Å². The summed E-state index contributed by atoms with van der Waals surface area (Å²) in [6.07, 6.45) is 7.22. The van der Waals surface area contributed by atoms with Gasteiger partial charge in [-0.15, -0.1) is 0 Å². The Labute approximate surface area is 314 Å². The Hall–Kier alpha value is -1.34. The van der Waals surface area contributed by atoms with Crippen LogP contribution in [0.3, 0.4) is 0 Å². The monoisotopic (exact) mass is 735 g/mol. The SMILES string of the molecule is COCC(CC(C)C)NC(=O)C1CC(C2CCCC(CN3O[C@@H](CO)[C@@H]([C@H](C)O)[C@H]3C(=O)N[C@H]3C[C@H]4C[C@@H]([C@@H]3C)C4(C)C)C2OC)CC(N(C)C)C1. The normalized spacial score (nSPS) is 40.3. The molecule has 2 amide bonds. The molecule has 52 heavy (non-hydrogen) atoms. The number of amides is 2. The molecule has 300 valence electrons. The summed E-state index contributed by atoms with van der Waals surface area (Å²) in [7, 11) is 7.74. The molecule has 5 saturated carbocycles. The first-order valence-corrected chi connectivity index (χ1v) is 20.6. The summed E-state index contributed by atoms with van der Waals surface area (Å²) in [4.78, 5) is 36.8. The predicted molar refractivity (Wildman–Crippen MR) is 202 cm³/mol. The van der Waals surface area contributed by atoms with Crippen molar-refractivity contribution in [3.05, 3.63) is 0 Å². The van der Waals surface area contributed by atoms with Gasteiger partial charge in [0.05, 0.1) is 31.5 Å². The Morgan fingerprint density at radius 3 is 2.35 bits per heavy atom. The largest absolute Gasteiger partial charge is 0.394 e. The van der Waals surface area contributed by atoms with Crippen molar-refractivity contribution in [2.45, 2.75) is 142 Å². The minimum atomic E-state index is -0.830. The van der Waals surface area contributed by atoms with E-state index in [9.17, 15) is 19.8 Å². The third-order valence-corrected chi connectivity index (χ3v) is 14.6. The van der Waals surface area contributed by atoms with Gasteiger partial charge < -0.3 is 35.2 Å². The van der Waals surface area contributed by atoms with E-state index >= 15 is 0 Å². The van der Waals surface area contributed by atoms with E-state index in [4.69, 9.17) is 14.3 Å². The van der Waals surface area contributed by atoms with Gasteiger partial charge in [0.1, 0.15) is 12.1 Å². The zero-order valence-corrected chi connectivity index (χ0v) is 34.1. The van der Waals surface area contributed by atoms with E-state index in [0.717, 1.165) is 51.4 Å². The summed E-state index contributed by atoms with van der Waals surface area (Å²) in [6, 6.07) is -0.320. The highest BCUT2D eigenvalue weighted by Crippen LogP contribution is 2.61. The van der Waals surface area contributed by atoms with E-state index in [2.05, 4.69) is 64.2 Å². The molecule has 5 aliphatic carbocycles. The molecule has 1 saturated heterocycles. The molecule has 11 nitrogen and oxygen atoms in total. The van der Waals surface area contributed by atoms with Crippen LogP contribution in [0.25, 0.3) is 0 Å². The number of aliphatic hydroxyl groups is 2. The standard InChI is InChI=1S/C41H74N4O7/c1-23(2)14-30(22-50-9)42-39(48)28-15-27(16-31(17-28)44(7)8)32-13-11-12-26(38(32)51-10)20-45-37(36(25(4)47)35(21-46)52-45)40(49)43-34-19-29-18-33(24(34)3)41(29,5)6/h23-38,46-47H,11-22H2,1-10H3,(H,42,48)(H,43,49)/t24-,25-,26?,27?,28?,29+,30?,31?,32?,33-,34-,35-,36+,37-,38?/m0/s1. The number of nitrogens with zero attached hydrogens (tertiary/aromatic N) is 2. The zero-order valence-electron chi connectivity index (χ0n) is 34.1. The Bertz CT molecular complexity index is 1180. The van der Waals surface area contributed by atoms with Crippen LogP contribution >= 0.6 is 0 Å². The lowest BCUT2D eigenvalue weighted by Gasteiger charge is -2.62. The second-order valence-corrected chi connectivity index (χ2v) is 18.9. The van der Waals surface area contributed by atoms with Gasteiger partial charge in [-0.05, 0) is 113 Å². The fourth-order valence-corrected chi connectivity index (χ4v) is 11.7. The highest BCUT2D eigenvalue weighted by Gasteiger charge is 2.58. The topological polar surface area (TPSA) is 133 Å². The molecule has 7 unspecified atom stereocenters. The third kappa shape index (κ3) is 8.87. The maximum Gasteiger partial charge on any atom is 0.240 e. The molecule has 1 aliphatic heterocycles. The zero-order chi connectivity index (χ0) is 38.1. The molecule has 0 aromatic heterocycles. The first-order valence-electron chi connectivity index (χ1n) is 20.6. The lowest BCUT2D eigenvalue weighted by molar-refractivity contribution is -0.193. The maximum absolute atomic E-state index is 14.3. The second-order valence-electron chi connectivity index (χ2n) is 18.9. The quantitative estimate of drug-likeness (QED) is 0.196. The Kier molecular flexibility index (Phi) is 14.2. The Morgan fingerprint density at radius 1 is 1.04 bits per heavy atom. The average molecular weight is 735 g/mol. The van der Waals surface area contributed by atoms with E-state index in [-0.39, 0.29) is 54.4 Å². The van der Waals surface area contributed by atoms with Gasteiger partial charge in [0.25, 0.3) is 0 Å². The number of carbonyl (C=O) groups is 2. The van der Waals surface area contributed by atoms with E-state index < -0.39 is 24.2 Å². The van der Waals surface area contributed by atoms with Crippen LogP contribution in [0.5, 0.6) is 0 Å². The molecule has 6 fully saturated rings. The molecule has 2 bridgehead atoms. The Morgan fingerprint density at radius 2 is 1.77 bits per heavy atom. The first-order chi connectivity index (χ1) is 24.6. The fraction of sp³-hybridized carbons (Fsp3) is 0.951. The van der Waals surface area contributed by atoms with Crippen LogP contribution < -0.4 is 10.6 Å². The van der Waals surface area contributed by atoms with Crippen LogP contribution in [0, 0.1) is 58.7 Å². The molecule has 15 atom stereocenters. The van der Waals surface area contributed by atoms with Gasteiger partial charge in [0.15, 0.2) is 0 Å². The molecule has 6 rings (SSSR count). The third-order valence-electron chi connectivity index (χ3n) is 14.6. The average Bonchev–Trinajstić information content (AvgIpc) is 3.47. The van der Waals surface area contributed by atoms with Gasteiger partial charge in [0.2, 0.25) is 11.8 Å². The highest BCUT2D eigenvalue weighted by atomic mass is 16.7. The first kappa shape index (κ1) is 41.8. The molecule has 0 spiro atoms. The minimum absolute atomic E-state index is 0.000791. The number of fused-ring (bicyclic) bond motifs is 2. The summed E-state index contributed by atoms with van der Waals surface area (Å²) in [5.74, 6) is 2.10. The van der Waals surface area contributed by atoms with Gasteiger partial charge in [-0.1, -0.05) is 41.0 Å². The number of hydrogen-bond donors (Lipinski definition) is 4. The Balaban J connectivity index is 1.31. The van der Waals surface area contributed by atoms with Crippen LogP contribution in [0.4, 0.5) is 0 Å². The van der Waals surface area contributed by atoms with E-state index in [1.807, 2.05) is 0 Å². The van der Waals surface area contributed by atoms with E-state index in [1.165, 1.54) is 6.42 Å². The number of nitrogens with one attached hydrogen (secondary N) is 2. The number of carbonyl (C=O) groups excluding carboxylic acids is 2. The summed E-state index contributed by atoms with van der Waals surface area (Å²) >= 11 is 0. The number of hydroxylamine groups is 2. The van der Waals surface area contributed by atoms with Crippen molar-refractivity contribution in [1.82, 2.24) is 20.6 Å². The van der Waals surface area contributed by atoms with Gasteiger partial charge in [-0.2, -0.15) is 5.06 Å². The van der Waals surface area contributed by atoms with Crippen LogP contribution in [0.2, 0.25) is 0 Å². The second kappa shape index (κ2) is 17.6. The van der Waals surface area contributed by atoms with Crippen LogP contribution in [-0.4, -0.2) is 123 Å². The number of methoxy groups -OCH3 is 2. The molecule has 6 aliphatic rings. The fourth-order valence-electron chi connectivity index (χ4n) is 11.7. The minimum Gasteiger partial charge on any atom is -0.394 e. The molecular formula is C41H74N4O7. The number of rotatable bonds is 15. The molecule has 1 heterocycles. The van der Waals surface area contributed by atoms with Crippen molar-refractivity contribution in [2.75, 3.05) is 48.1 Å². The summed E-state index contributed by atoms with van der Waals surface area (Å²) in [5.41, 5.74) is 0.314. The molecule has 0 radical (unpaired) electrons. The molecule has 0 aromatic carbocycles. The molecular weight excluding hydrogens is 660 g/mol. The van der Waals surface area contributed by atoms with Crippen LogP contribution in [0.1, 0.15) is 99.3 Å². The number of hydrogen-bond acceptors (Lipinski definition) is 9. The van der Waals surface area contributed by atoms with Gasteiger partial charge in [-0.25, -0.2) is 0 Å². The van der Waals surface area contributed by atoms with Crippen molar-refractivity contribution in [3.8, 4) is 0 Å². The number of ether oxygens (including phenoxy) is 2. The molecule has 11 heteroatoms. The van der Waals surface area contributed by atoms with Gasteiger partial charge >= 0.3 is 0 Å². The smallest absolute Gasteiger partial charge is 0.240 e. The van der Waals surface area contributed by atoms with E-state index in [1.54, 1.807) is 26.2 Å². The number of aliphatic hydroxyl groups excluding tert-OH is 2. The van der Waals surface area contributed by atoms with Crippen molar-refractivity contribution < 1.29 is 34.1 Å². The molecule has 4 N–H and O–H groups in total. The lowest BCUT2D eigenvalue weighted by Crippen LogP contribution is -2.62.